The molecule has 0 aromatic heterocycles. The van der Waals surface area contributed by atoms with Gasteiger partial charge in [-0.3, -0.25) is 4.79 Å². The smallest absolute Gasteiger partial charge is 0.218 e. The van der Waals surface area contributed by atoms with Gasteiger partial charge in [0.05, 0.1) is 0 Å². The Morgan fingerprint density at radius 3 is 1.20 bits per heavy atom. The van der Waals surface area contributed by atoms with Crippen molar-refractivity contribution in [2.45, 2.75) is 6.92 Å². The van der Waals surface area contributed by atoms with Gasteiger partial charge in [-0.2, -0.15) is 0 Å². The molecule has 0 bridgehead atoms. The van der Waals surface area contributed by atoms with Crippen molar-refractivity contribution in [1.29, 1.82) is 0 Å². The summed E-state index contributed by atoms with van der Waals surface area (Å²) in [4.78, 5) is 9.21. The van der Waals surface area contributed by atoms with Crippen LogP contribution in [0.25, 0.3) is 0 Å². The van der Waals surface area contributed by atoms with Crippen LogP contribution in [0.1, 0.15) is 6.92 Å². The van der Waals surface area contributed by atoms with Crippen LogP contribution in [0.15, 0.2) is 36.4 Å². The van der Waals surface area contributed by atoms with Crippen molar-refractivity contribution in [1.82, 2.24) is 0 Å². The number of carbonyl (C=O) groups excluding carboxylic acids is 1. The lowest BCUT2D eigenvalue weighted by Gasteiger charge is -1.69. The topological polar surface area (TPSA) is 17.1 Å². The van der Waals surface area contributed by atoms with E-state index in [1.807, 2.05) is 36.4 Å². The van der Waals surface area contributed by atoms with Crippen LogP contribution in [0.5, 0.6) is 0 Å². The molecule has 0 amide bonds. The normalized spacial score (nSPS) is 7.40. The van der Waals surface area contributed by atoms with E-state index in [2.05, 4.69) is 11.6 Å². The summed E-state index contributed by atoms with van der Waals surface area (Å²) in [6, 6.07) is 12.0. The van der Waals surface area contributed by atoms with Crippen LogP contribution in [-0.4, -0.2) is 5.24 Å². The molecule has 0 heterocycles. The van der Waals surface area contributed by atoms with Crippen molar-refractivity contribution in [2.75, 3.05) is 0 Å². The Labute approximate surface area is 65.6 Å². The first-order valence-electron chi connectivity index (χ1n) is 2.89. The lowest BCUT2D eigenvalue weighted by Crippen LogP contribution is -1.62. The molecule has 0 fully saturated rings. The molecular weight excluding hydrogens is 148 g/mol. The van der Waals surface area contributed by atoms with E-state index in [1.165, 1.54) is 6.92 Å². The Morgan fingerprint density at radius 2 is 1.10 bits per heavy atom. The maximum Gasteiger partial charge on any atom is 0.218 e. The van der Waals surface area contributed by atoms with E-state index in [9.17, 15) is 4.79 Å². The van der Waals surface area contributed by atoms with Crippen molar-refractivity contribution in [3.8, 4) is 0 Å². The second-order valence-corrected chi connectivity index (χ2v) is 2.16. The highest BCUT2D eigenvalue weighted by Crippen LogP contribution is 1.79. The summed E-state index contributed by atoms with van der Waals surface area (Å²) in [5.41, 5.74) is 0. The van der Waals surface area contributed by atoms with Gasteiger partial charge < -0.3 is 0 Å². The third-order valence-corrected chi connectivity index (χ3v) is 0.667. The Hall–Kier alpha value is -0.820. The standard InChI is InChI=1S/C6H6.C2H3ClO/c1-2-4-6-5-3-1;1-2(3)4/h1-6H;1H3. The summed E-state index contributed by atoms with van der Waals surface area (Å²) < 4.78 is 0. The first-order valence-corrected chi connectivity index (χ1v) is 3.27. The van der Waals surface area contributed by atoms with Crippen LogP contribution in [0.2, 0.25) is 0 Å². The molecule has 1 rings (SSSR count). The highest BCUT2D eigenvalue weighted by molar-refractivity contribution is 6.62. The zero-order valence-electron chi connectivity index (χ0n) is 5.75. The SMILES string of the molecule is CC(=O)Cl.c1ccccc1. The van der Waals surface area contributed by atoms with Crippen molar-refractivity contribution in [2.24, 2.45) is 0 Å². The van der Waals surface area contributed by atoms with Crippen LogP contribution < -0.4 is 0 Å². The minimum Gasteiger partial charge on any atom is -0.282 e. The predicted molar refractivity (Wildman–Crippen MR) is 43.0 cm³/mol. The van der Waals surface area contributed by atoms with Crippen molar-refractivity contribution in [3.63, 3.8) is 0 Å². The molecule has 0 saturated carbocycles. The highest BCUT2D eigenvalue weighted by Gasteiger charge is 1.67. The summed E-state index contributed by atoms with van der Waals surface area (Å²) in [7, 11) is 0. The van der Waals surface area contributed by atoms with E-state index in [0.29, 0.717) is 0 Å². The summed E-state index contributed by atoms with van der Waals surface area (Å²) in [6.07, 6.45) is 0. The number of hydrogen-bond acceptors (Lipinski definition) is 1. The second kappa shape index (κ2) is 6.30. The van der Waals surface area contributed by atoms with Crippen molar-refractivity contribution in [3.05, 3.63) is 36.4 Å². The van der Waals surface area contributed by atoms with Crippen LogP contribution in [0, 0.1) is 0 Å². The Morgan fingerprint density at radius 1 is 1.00 bits per heavy atom. The first-order chi connectivity index (χ1) is 4.73. The van der Waals surface area contributed by atoms with Gasteiger partial charge in [0.15, 0.2) is 0 Å². The lowest BCUT2D eigenvalue weighted by atomic mass is 10.4. The number of rotatable bonds is 0. The third kappa shape index (κ3) is 10.2. The van der Waals surface area contributed by atoms with E-state index < -0.39 is 0 Å². The second-order valence-electron chi connectivity index (χ2n) is 1.62. The molecule has 54 valence electrons. The molecule has 0 N–H and O–H groups in total. The van der Waals surface area contributed by atoms with Crippen LogP contribution >= 0.6 is 11.6 Å². The van der Waals surface area contributed by atoms with Gasteiger partial charge in [0.2, 0.25) is 5.24 Å². The van der Waals surface area contributed by atoms with Gasteiger partial charge in [-0.25, -0.2) is 0 Å². The molecule has 2 heteroatoms. The average Bonchev–Trinajstić information content (AvgIpc) is 1.90. The number of halogens is 1. The lowest BCUT2D eigenvalue weighted by molar-refractivity contribution is -0.109. The van der Waals surface area contributed by atoms with Crippen LogP contribution in [0.3, 0.4) is 0 Å². The minimum absolute atomic E-state index is 0.361. The van der Waals surface area contributed by atoms with Gasteiger partial charge in [0.25, 0.3) is 0 Å². The van der Waals surface area contributed by atoms with E-state index in [0.717, 1.165) is 0 Å². The minimum atomic E-state index is -0.361. The maximum absolute atomic E-state index is 9.21. The molecule has 0 spiro atoms. The van der Waals surface area contributed by atoms with Gasteiger partial charge in [-0.05, 0) is 11.6 Å². The molecule has 10 heavy (non-hydrogen) atoms. The monoisotopic (exact) mass is 156 g/mol. The molecule has 0 aliphatic carbocycles. The van der Waals surface area contributed by atoms with E-state index in [-0.39, 0.29) is 5.24 Å². The molecule has 1 nitrogen and oxygen atoms in total. The van der Waals surface area contributed by atoms with Crippen LogP contribution in [-0.2, 0) is 4.79 Å². The first kappa shape index (κ1) is 9.18. The zero-order chi connectivity index (χ0) is 7.82. The molecule has 0 unspecified atom stereocenters. The van der Waals surface area contributed by atoms with Crippen molar-refractivity contribution < 1.29 is 4.79 Å². The number of carbonyl (C=O) groups is 1. The summed E-state index contributed by atoms with van der Waals surface area (Å²) in [6.45, 7) is 1.29. The highest BCUT2D eigenvalue weighted by atomic mass is 35.5. The third-order valence-electron chi connectivity index (χ3n) is 0.667. The Bertz CT molecular complexity index is 141. The zero-order valence-corrected chi connectivity index (χ0v) is 6.51. The van der Waals surface area contributed by atoms with E-state index in [1.54, 1.807) is 0 Å². The van der Waals surface area contributed by atoms with Crippen LogP contribution in [0.4, 0.5) is 0 Å². The molecule has 1 aromatic rings. The predicted octanol–water partition coefficient (Wildman–Crippen LogP) is 2.46. The summed E-state index contributed by atoms with van der Waals surface area (Å²) in [5, 5.41) is -0.361. The summed E-state index contributed by atoms with van der Waals surface area (Å²) in [5.74, 6) is 0. The average molecular weight is 157 g/mol. The molecule has 0 radical (unpaired) electrons. The largest absolute Gasteiger partial charge is 0.282 e. The van der Waals surface area contributed by atoms with Crippen molar-refractivity contribution >= 4 is 16.8 Å². The van der Waals surface area contributed by atoms with Gasteiger partial charge in [-0.15, -0.1) is 0 Å². The van der Waals surface area contributed by atoms with Gasteiger partial charge in [0.1, 0.15) is 0 Å². The quantitative estimate of drug-likeness (QED) is 0.528. The summed E-state index contributed by atoms with van der Waals surface area (Å²) >= 11 is 4.64. The fourth-order valence-corrected chi connectivity index (χ4v) is 0.385. The van der Waals surface area contributed by atoms with Gasteiger partial charge >= 0.3 is 0 Å². The fraction of sp³-hybridized carbons (Fsp3) is 0.125. The fourth-order valence-electron chi connectivity index (χ4n) is 0.385. The Kier molecular flexibility index (Phi) is 5.79. The molecule has 1 aromatic carbocycles. The van der Waals surface area contributed by atoms with E-state index in [4.69, 9.17) is 0 Å². The Balaban J connectivity index is 0.000000180. The molecular formula is C8H9ClO. The maximum atomic E-state index is 9.21. The number of hydrogen-bond donors (Lipinski definition) is 0. The van der Waals surface area contributed by atoms with E-state index >= 15 is 0 Å². The number of benzene rings is 1. The molecule has 0 saturated heterocycles. The molecule has 0 aliphatic heterocycles. The molecule has 0 atom stereocenters. The van der Waals surface area contributed by atoms with Gasteiger partial charge in [0, 0.05) is 6.92 Å². The van der Waals surface area contributed by atoms with Gasteiger partial charge in [-0.1, -0.05) is 36.4 Å². The molecule has 0 aliphatic rings.